The first-order valence-electron chi connectivity index (χ1n) is 6.49. The van der Waals surface area contributed by atoms with E-state index in [0.29, 0.717) is 29.2 Å². The molecule has 1 atom stereocenters. The fraction of sp³-hybridized carbons (Fsp3) is 0.667. The molecule has 0 spiro atoms. The van der Waals surface area contributed by atoms with Crippen molar-refractivity contribution in [3.8, 4) is 0 Å². The normalized spacial score (nSPS) is 25.6. The maximum atomic E-state index is 12.6. The van der Waals surface area contributed by atoms with Crippen LogP contribution in [0.25, 0.3) is 0 Å². The summed E-state index contributed by atoms with van der Waals surface area (Å²) in [7, 11) is -3.32. The predicted molar refractivity (Wildman–Crippen MR) is 77.2 cm³/mol. The van der Waals surface area contributed by atoms with Crippen LogP contribution in [0.3, 0.4) is 0 Å². The van der Waals surface area contributed by atoms with Crippen molar-refractivity contribution in [1.29, 1.82) is 0 Å². The second kappa shape index (κ2) is 5.33. The van der Waals surface area contributed by atoms with E-state index in [0.717, 1.165) is 25.1 Å². The Morgan fingerprint density at radius 2 is 2.21 bits per heavy atom. The number of halogens is 1. The van der Waals surface area contributed by atoms with Crippen molar-refractivity contribution in [3.63, 3.8) is 0 Å². The fourth-order valence-corrected chi connectivity index (χ4v) is 5.94. The number of piperazine rings is 1. The first kappa shape index (κ1) is 13.8. The second-order valence-corrected chi connectivity index (χ2v) is 8.45. The summed E-state index contributed by atoms with van der Waals surface area (Å²) in [6, 6.07) is 2.12. The SMILES string of the molecule is O=S(=O)(c1cc(CCl)cs1)N1CCN2CCCC2C1. The van der Waals surface area contributed by atoms with Crippen molar-refractivity contribution in [1.82, 2.24) is 9.21 Å². The molecule has 1 aromatic heterocycles. The van der Waals surface area contributed by atoms with E-state index in [1.54, 1.807) is 10.4 Å². The van der Waals surface area contributed by atoms with E-state index in [1.807, 2.05) is 5.38 Å². The molecular formula is C12H17ClN2O2S2. The van der Waals surface area contributed by atoms with Crippen molar-refractivity contribution in [2.24, 2.45) is 0 Å². The van der Waals surface area contributed by atoms with Gasteiger partial charge in [-0.05, 0) is 36.4 Å². The minimum atomic E-state index is -3.32. The van der Waals surface area contributed by atoms with Gasteiger partial charge in [0.1, 0.15) is 4.21 Å². The maximum Gasteiger partial charge on any atom is 0.252 e. The monoisotopic (exact) mass is 320 g/mol. The van der Waals surface area contributed by atoms with Gasteiger partial charge >= 0.3 is 0 Å². The third-order valence-corrected chi connectivity index (χ3v) is 7.57. The van der Waals surface area contributed by atoms with Crippen LogP contribution in [-0.4, -0.2) is 49.8 Å². The van der Waals surface area contributed by atoms with Crippen LogP contribution >= 0.6 is 22.9 Å². The largest absolute Gasteiger partial charge is 0.298 e. The highest BCUT2D eigenvalue weighted by molar-refractivity contribution is 7.91. The summed E-state index contributed by atoms with van der Waals surface area (Å²) >= 11 is 7.01. The molecule has 2 aliphatic rings. The van der Waals surface area contributed by atoms with E-state index in [-0.39, 0.29) is 0 Å². The van der Waals surface area contributed by atoms with Crippen molar-refractivity contribution in [2.45, 2.75) is 29.0 Å². The van der Waals surface area contributed by atoms with Gasteiger partial charge in [-0.15, -0.1) is 22.9 Å². The van der Waals surface area contributed by atoms with Gasteiger partial charge in [0.2, 0.25) is 0 Å². The van der Waals surface area contributed by atoms with E-state index in [2.05, 4.69) is 4.90 Å². The molecule has 3 rings (SSSR count). The van der Waals surface area contributed by atoms with Gasteiger partial charge < -0.3 is 0 Å². The van der Waals surface area contributed by atoms with Gasteiger partial charge in [-0.3, -0.25) is 4.90 Å². The van der Waals surface area contributed by atoms with Crippen molar-refractivity contribution >= 4 is 33.0 Å². The molecule has 0 N–H and O–H groups in total. The average molecular weight is 321 g/mol. The van der Waals surface area contributed by atoms with Crippen molar-refractivity contribution in [3.05, 3.63) is 17.0 Å². The van der Waals surface area contributed by atoms with Gasteiger partial charge in [0.05, 0.1) is 0 Å². The summed E-state index contributed by atoms with van der Waals surface area (Å²) in [6.45, 7) is 3.22. The summed E-state index contributed by atoms with van der Waals surface area (Å²) in [4.78, 5) is 2.41. The number of hydrogen-bond acceptors (Lipinski definition) is 4. The molecular weight excluding hydrogens is 304 g/mol. The molecule has 2 fully saturated rings. The van der Waals surface area contributed by atoms with Crippen LogP contribution in [0.4, 0.5) is 0 Å². The lowest BCUT2D eigenvalue weighted by molar-refractivity contribution is 0.158. The molecule has 19 heavy (non-hydrogen) atoms. The van der Waals surface area contributed by atoms with Crippen molar-refractivity contribution in [2.75, 3.05) is 26.2 Å². The maximum absolute atomic E-state index is 12.6. The molecule has 7 heteroatoms. The molecule has 0 saturated carbocycles. The lowest BCUT2D eigenvalue weighted by atomic mass is 10.2. The molecule has 0 aromatic carbocycles. The summed E-state index contributed by atoms with van der Waals surface area (Å²) in [6.07, 6.45) is 2.30. The third-order valence-electron chi connectivity index (χ3n) is 3.93. The van der Waals surface area contributed by atoms with Crippen LogP contribution < -0.4 is 0 Å². The number of nitrogens with zero attached hydrogens (tertiary/aromatic N) is 2. The number of thiophene rings is 1. The first-order valence-corrected chi connectivity index (χ1v) is 9.34. The van der Waals surface area contributed by atoms with Gasteiger partial charge in [-0.2, -0.15) is 4.31 Å². The summed E-state index contributed by atoms with van der Waals surface area (Å²) in [5.41, 5.74) is 0.879. The molecule has 1 aromatic rings. The Bertz CT molecular complexity index is 558. The molecule has 3 heterocycles. The first-order chi connectivity index (χ1) is 9.11. The van der Waals surface area contributed by atoms with Crippen LogP contribution in [0.1, 0.15) is 18.4 Å². The minimum Gasteiger partial charge on any atom is -0.298 e. The molecule has 2 aliphatic heterocycles. The lowest BCUT2D eigenvalue weighted by Gasteiger charge is -2.36. The topological polar surface area (TPSA) is 40.6 Å². The zero-order valence-corrected chi connectivity index (χ0v) is 13.0. The molecule has 1 unspecified atom stereocenters. The fourth-order valence-electron chi connectivity index (χ4n) is 2.87. The van der Waals surface area contributed by atoms with Crippen LogP contribution in [0.2, 0.25) is 0 Å². The summed E-state index contributed by atoms with van der Waals surface area (Å²) in [5.74, 6) is 0.364. The van der Waals surface area contributed by atoms with Gasteiger partial charge in [-0.25, -0.2) is 8.42 Å². The Kier molecular flexibility index (Phi) is 3.88. The molecule has 4 nitrogen and oxygen atoms in total. The highest BCUT2D eigenvalue weighted by Gasteiger charge is 2.36. The van der Waals surface area contributed by atoms with Gasteiger partial charge in [-0.1, -0.05) is 0 Å². The Hall–Kier alpha value is -0.140. The smallest absolute Gasteiger partial charge is 0.252 e. The summed E-state index contributed by atoms with van der Waals surface area (Å²) in [5, 5.41) is 1.83. The molecule has 0 amide bonds. The molecule has 106 valence electrons. The van der Waals surface area contributed by atoms with Crippen LogP contribution in [0.5, 0.6) is 0 Å². The van der Waals surface area contributed by atoms with E-state index in [9.17, 15) is 8.42 Å². The average Bonchev–Trinajstić information content (AvgIpc) is 3.06. The Morgan fingerprint density at radius 3 is 2.95 bits per heavy atom. The van der Waals surface area contributed by atoms with E-state index in [1.165, 1.54) is 17.8 Å². The number of rotatable bonds is 3. The lowest BCUT2D eigenvalue weighted by Crippen LogP contribution is -2.51. The zero-order valence-electron chi connectivity index (χ0n) is 10.6. The molecule has 0 bridgehead atoms. The van der Waals surface area contributed by atoms with Gasteiger partial charge in [0, 0.05) is 31.6 Å². The van der Waals surface area contributed by atoms with Crippen LogP contribution in [-0.2, 0) is 15.9 Å². The van der Waals surface area contributed by atoms with Gasteiger partial charge in [0.15, 0.2) is 0 Å². The highest BCUT2D eigenvalue weighted by Crippen LogP contribution is 2.29. The van der Waals surface area contributed by atoms with Crippen LogP contribution in [0.15, 0.2) is 15.7 Å². The quantitative estimate of drug-likeness (QED) is 0.799. The Labute approximate surface area is 123 Å². The summed E-state index contributed by atoms with van der Waals surface area (Å²) < 4.78 is 27.2. The standard InChI is InChI=1S/C12H17ClN2O2S2/c13-7-10-6-12(18-9-10)19(16,17)15-5-4-14-3-1-2-11(14)8-15/h6,9,11H,1-5,7-8H2. The second-order valence-electron chi connectivity index (χ2n) is 5.10. The number of fused-ring (bicyclic) bond motifs is 1. The Balaban J connectivity index is 1.80. The Morgan fingerprint density at radius 1 is 1.37 bits per heavy atom. The van der Waals surface area contributed by atoms with Crippen molar-refractivity contribution < 1.29 is 8.42 Å². The highest BCUT2D eigenvalue weighted by atomic mass is 35.5. The van der Waals surface area contributed by atoms with Crippen LogP contribution in [0, 0.1) is 0 Å². The predicted octanol–water partition coefficient (Wildman–Crippen LogP) is 1.96. The number of hydrogen-bond donors (Lipinski definition) is 0. The third kappa shape index (κ3) is 2.56. The van der Waals surface area contributed by atoms with E-state index >= 15 is 0 Å². The van der Waals surface area contributed by atoms with E-state index in [4.69, 9.17) is 11.6 Å². The van der Waals surface area contributed by atoms with E-state index < -0.39 is 10.0 Å². The van der Waals surface area contributed by atoms with Gasteiger partial charge in [0.25, 0.3) is 10.0 Å². The zero-order chi connectivity index (χ0) is 13.5. The number of sulfonamides is 1. The molecule has 0 aliphatic carbocycles. The molecule has 2 saturated heterocycles. The molecule has 0 radical (unpaired) electrons. The minimum absolute atomic E-state index is 0.364. The number of alkyl halides is 1.